The lowest BCUT2D eigenvalue weighted by Gasteiger charge is -2.29. The molecule has 2 atom stereocenters. The molecule has 7 heteroatoms. The largest absolute Gasteiger partial charge is 0.326 e. The Hall–Kier alpha value is -1.89. The lowest BCUT2D eigenvalue weighted by atomic mass is 9.87. The quantitative estimate of drug-likeness (QED) is 0.755. The summed E-state index contributed by atoms with van der Waals surface area (Å²) in [5.41, 5.74) is -0.310. The summed E-state index contributed by atoms with van der Waals surface area (Å²) in [6.07, 6.45) is 2.60. The standard InChI is InChI=1S/C20H22ClN3O2S/c1-2-20(14-6-3-7-15(21)12-14)18(25)24(19(26)22-20)13-23-10-4-8-16(23)17-9-5-11-27-17/h3,5-7,9,11-12,16H,2,4,8,10,13H2,1H3,(H,22,26)/t16-,20-/m1/s1. The Balaban J connectivity index is 1.59. The van der Waals surface area contributed by atoms with Gasteiger partial charge in [0, 0.05) is 22.5 Å². The first-order chi connectivity index (χ1) is 13.0. The maximum absolute atomic E-state index is 13.3. The number of nitrogens with zero attached hydrogens (tertiary/aromatic N) is 2. The molecule has 0 unspecified atom stereocenters. The van der Waals surface area contributed by atoms with Crippen molar-refractivity contribution in [1.29, 1.82) is 0 Å². The van der Waals surface area contributed by atoms with E-state index in [2.05, 4.69) is 21.7 Å². The number of rotatable bonds is 5. The molecule has 3 amide bonds. The molecule has 0 radical (unpaired) electrons. The topological polar surface area (TPSA) is 52.7 Å². The van der Waals surface area contributed by atoms with Gasteiger partial charge < -0.3 is 5.32 Å². The molecule has 0 aliphatic carbocycles. The molecule has 5 nitrogen and oxygen atoms in total. The van der Waals surface area contributed by atoms with Crippen LogP contribution in [0, 0.1) is 0 Å². The Morgan fingerprint density at radius 1 is 1.30 bits per heavy atom. The molecule has 0 saturated carbocycles. The monoisotopic (exact) mass is 403 g/mol. The van der Waals surface area contributed by atoms with E-state index in [9.17, 15) is 9.59 Å². The zero-order chi connectivity index (χ0) is 19.0. The van der Waals surface area contributed by atoms with Crippen molar-refractivity contribution >= 4 is 34.9 Å². The highest BCUT2D eigenvalue weighted by atomic mass is 35.5. The number of likely N-dealkylation sites (tertiary alicyclic amines) is 1. The fraction of sp³-hybridized carbons (Fsp3) is 0.400. The van der Waals surface area contributed by atoms with Crippen molar-refractivity contribution in [2.45, 2.75) is 37.8 Å². The third-order valence-corrected chi connectivity index (χ3v) is 6.79. The van der Waals surface area contributed by atoms with E-state index in [4.69, 9.17) is 11.6 Å². The fourth-order valence-corrected chi connectivity index (χ4v) is 5.21. The molecule has 27 heavy (non-hydrogen) atoms. The van der Waals surface area contributed by atoms with Crippen LogP contribution in [0.25, 0.3) is 0 Å². The van der Waals surface area contributed by atoms with E-state index in [1.807, 2.05) is 25.1 Å². The lowest BCUT2D eigenvalue weighted by molar-refractivity contribution is -0.133. The summed E-state index contributed by atoms with van der Waals surface area (Å²) >= 11 is 7.86. The van der Waals surface area contributed by atoms with Gasteiger partial charge in [-0.15, -0.1) is 11.3 Å². The van der Waals surface area contributed by atoms with Crippen LogP contribution in [0.2, 0.25) is 5.02 Å². The van der Waals surface area contributed by atoms with Crippen LogP contribution in [0.4, 0.5) is 4.79 Å². The van der Waals surface area contributed by atoms with E-state index in [0.29, 0.717) is 18.1 Å². The second-order valence-electron chi connectivity index (χ2n) is 7.06. The second-order valence-corrected chi connectivity index (χ2v) is 8.48. The molecule has 2 aliphatic heterocycles. The SMILES string of the molecule is CC[C@]1(c2cccc(Cl)c2)NC(=O)N(CN2CCC[C@@H]2c2cccs2)C1=O. The first kappa shape index (κ1) is 18.5. The van der Waals surface area contributed by atoms with Gasteiger partial charge in [-0.2, -0.15) is 0 Å². The predicted molar refractivity (Wildman–Crippen MR) is 107 cm³/mol. The van der Waals surface area contributed by atoms with Gasteiger partial charge >= 0.3 is 6.03 Å². The number of carbonyl (C=O) groups is 2. The molecule has 2 aliphatic rings. The van der Waals surface area contributed by atoms with Crippen LogP contribution in [-0.4, -0.2) is 35.0 Å². The van der Waals surface area contributed by atoms with Gasteiger partial charge in [-0.1, -0.05) is 36.7 Å². The Kier molecular flexibility index (Phi) is 4.97. The number of imide groups is 1. The number of benzene rings is 1. The Morgan fingerprint density at radius 2 is 2.15 bits per heavy atom. The van der Waals surface area contributed by atoms with E-state index in [0.717, 1.165) is 24.9 Å². The van der Waals surface area contributed by atoms with Gasteiger partial charge in [0.15, 0.2) is 0 Å². The van der Waals surface area contributed by atoms with Crippen molar-refractivity contribution in [3.8, 4) is 0 Å². The van der Waals surface area contributed by atoms with Crippen molar-refractivity contribution in [1.82, 2.24) is 15.1 Å². The summed E-state index contributed by atoms with van der Waals surface area (Å²) < 4.78 is 0. The van der Waals surface area contributed by atoms with Crippen molar-refractivity contribution < 1.29 is 9.59 Å². The molecule has 2 saturated heterocycles. The van der Waals surface area contributed by atoms with E-state index in [1.54, 1.807) is 23.5 Å². The highest BCUT2D eigenvalue weighted by Crippen LogP contribution is 2.37. The molecule has 2 fully saturated rings. The molecule has 4 rings (SSSR count). The highest BCUT2D eigenvalue weighted by molar-refractivity contribution is 7.10. The van der Waals surface area contributed by atoms with E-state index < -0.39 is 5.54 Å². The average Bonchev–Trinajstić information content (AvgIpc) is 3.38. The molecule has 1 aromatic carbocycles. The molecule has 2 aromatic rings. The van der Waals surface area contributed by atoms with Crippen LogP contribution < -0.4 is 5.32 Å². The lowest BCUT2D eigenvalue weighted by Crippen LogP contribution is -2.45. The van der Waals surface area contributed by atoms with Gasteiger partial charge in [0.25, 0.3) is 5.91 Å². The van der Waals surface area contributed by atoms with Crippen LogP contribution in [0.3, 0.4) is 0 Å². The summed E-state index contributed by atoms with van der Waals surface area (Å²) in [6, 6.07) is 11.3. The number of urea groups is 1. The minimum absolute atomic E-state index is 0.200. The second kappa shape index (κ2) is 7.26. The van der Waals surface area contributed by atoms with Gasteiger partial charge in [-0.25, -0.2) is 9.69 Å². The Bertz CT molecular complexity index is 857. The number of nitrogens with one attached hydrogen (secondary N) is 1. The van der Waals surface area contributed by atoms with Crippen LogP contribution in [-0.2, 0) is 10.3 Å². The van der Waals surface area contributed by atoms with Crippen LogP contribution in [0.15, 0.2) is 41.8 Å². The van der Waals surface area contributed by atoms with Crippen molar-refractivity contribution in [3.63, 3.8) is 0 Å². The summed E-state index contributed by atoms with van der Waals surface area (Å²) in [6.45, 7) is 3.11. The Labute approximate surface area is 167 Å². The molecule has 3 heterocycles. The summed E-state index contributed by atoms with van der Waals surface area (Å²) in [7, 11) is 0. The van der Waals surface area contributed by atoms with E-state index in [-0.39, 0.29) is 18.0 Å². The summed E-state index contributed by atoms with van der Waals surface area (Å²) in [5.74, 6) is -0.200. The zero-order valence-electron chi connectivity index (χ0n) is 15.2. The van der Waals surface area contributed by atoms with Crippen molar-refractivity contribution in [3.05, 3.63) is 57.2 Å². The fourth-order valence-electron chi connectivity index (χ4n) is 4.13. The van der Waals surface area contributed by atoms with Crippen LogP contribution in [0.1, 0.15) is 42.7 Å². The number of hydrogen-bond acceptors (Lipinski definition) is 4. The van der Waals surface area contributed by atoms with Gasteiger partial charge in [0.05, 0.1) is 6.67 Å². The minimum atomic E-state index is -1.04. The molecule has 142 valence electrons. The summed E-state index contributed by atoms with van der Waals surface area (Å²) in [4.78, 5) is 30.9. The maximum Gasteiger partial charge on any atom is 0.326 e. The molecule has 1 aromatic heterocycles. The van der Waals surface area contributed by atoms with Crippen molar-refractivity contribution in [2.75, 3.05) is 13.2 Å². The first-order valence-corrected chi connectivity index (χ1v) is 10.5. The number of amides is 3. The molecule has 0 bridgehead atoms. The molecular formula is C20H22ClN3O2S. The van der Waals surface area contributed by atoms with Crippen molar-refractivity contribution in [2.24, 2.45) is 0 Å². The summed E-state index contributed by atoms with van der Waals surface area (Å²) in [5, 5.41) is 5.56. The van der Waals surface area contributed by atoms with Crippen LogP contribution >= 0.6 is 22.9 Å². The average molecular weight is 404 g/mol. The third kappa shape index (κ3) is 3.16. The maximum atomic E-state index is 13.3. The first-order valence-electron chi connectivity index (χ1n) is 9.23. The van der Waals surface area contributed by atoms with Gasteiger partial charge in [-0.05, 0) is 48.4 Å². The molecule has 0 spiro atoms. The van der Waals surface area contributed by atoms with E-state index in [1.165, 1.54) is 9.78 Å². The molecular weight excluding hydrogens is 382 g/mol. The Morgan fingerprint density at radius 3 is 2.85 bits per heavy atom. The zero-order valence-corrected chi connectivity index (χ0v) is 16.7. The van der Waals surface area contributed by atoms with Gasteiger partial charge in [0.2, 0.25) is 0 Å². The van der Waals surface area contributed by atoms with Gasteiger partial charge in [0.1, 0.15) is 5.54 Å². The normalized spacial score (nSPS) is 26.0. The van der Waals surface area contributed by atoms with E-state index >= 15 is 0 Å². The molecule has 1 N–H and O–H groups in total. The van der Waals surface area contributed by atoms with Crippen LogP contribution in [0.5, 0.6) is 0 Å². The third-order valence-electron chi connectivity index (χ3n) is 5.58. The number of carbonyl (C=O) groups excluding carboxylic acids is 2. The minimum Gasteiger partial charge on any atom is -0.319 e. The number of hydrogen-bond donors (Lipinski definition) is 1. The number of thiophene rings is 1. The smallest absolute Gasteiger partial charge is 0.319 e. The highest BCUT2D eigenvalue weighted by Gasteiger charge is 2.52. The predicted octanol–water partition coefficient (Wildman–Crippen LogP) is 4.35. The number of halogens is 1. The van der Waals surface area contributed by atoms with Gasteiger partial charge in [-0.3, -0.25) is 9.69 Å².